The SMILES string of the molecule is C[CH]CCc1snnc1C. The van der Waals surface area contributed by atoms with Crippen LogP contribution in [0.3, 0.4) is 0 Å². The smallest absolute Gasteiger partial charge is 0.0756 e. The van der Waals surface area contributed by atoms with Gasteiger partial charge in [-0.2, -0.15) is 0 Å². The van der Waals surface area contributed by atoms with Crippen molar-refractivity contribution in [1.82, 2.24) is 9.59 Å². The number of aryl methyl sites for hydroxylation is 2. The molecule has 0 atom stereocenters. The largest absolute Gasteiger partial charge is 0.143 e. The minimum Gasteiger partial charge on any atom is -0.143 e. The second-order valence-corrected chi connectivity index (χ2v) is 3.07. The van der Waals surface area contributed by atoms with Crippen molar-refractivity contribution in [2.24, 2.45) is 0 Å². The molecule has 1 heterocycles. The van der Waals surface area contributed by atoms with Gasteiger partial charge < -0.3 is 0 Å². The van der Waals surface area contributed by atoms with Crippen molar-refractivity contribution >= 4 is 11.5 Å². The fourth-order valence-electron chi connectivity index (χ4n) is 0.755. The number of unbranched alkanes of at least 4 members (excludes halogenated alkanes) is 1. The molecule has 0 aliphatic rings. The van der Waals surface area contributed by atoms with E-state index in [1.54, 1.807) is 0 Å². The van der Waals surface area contributed by atoms with E-state index in [4.69, 9.17) is 0 Å². The highest BCUT2D eigenvalue weighted by molar-refractivity contribution is 7.05. The quantitative estimate of drug-likeness (QED) is 0.667. The Morgan fingerprint density at radius 3 is 2.90 bits per heavy atom. The van der Waals surface area contributed by atoms with Gasteiger partial charge >= 0.3 is 0 Å². The highest BCUT2D eigenvalue weighted by Gasteiger charge is 2.00. The molecule has 0 fully saturated rings. The van der Waals surface area contributed by atoms with E-state index < -0.39 is 0 Å². The van der Waals surface area contributed by atoms with Gasteiger partial charge in [0.25, 0.3) is 0 Å². The average molecular weight is 155 g/mol. The first-order valence-electron chi connectivity index (χ1n) is 3.40. The van der Waals surface area contributed by atoms with Crippen LogP contribution in [0.1, 0.15) is 23.9 Å². The highest BCUT2D eigenvalue weighted by Crippen LogP contribution is 2.11. The maximum absolute atomic E-state index is 3.92. The standard InChI is InChI=1S/C7H11N2S/c1-3-4-5-7-6(2)8-9-10-7/h3H,4-5H2,1-2H3. The van der Waals surface area contributed by atoms with E-state index in [2.05, 4.69) is 22.9 Å². The molecule has 10 heavy (non-hydrogen) atoms. The molecule has 0 aliphatic carbocycles. The molecule has 1 aromatic heterocycles. The molecule has 1 rings (SSSR count). The molecule has 2 nitrogen and oxygen atoms in total. The Bertz CT molecular complexity index is 195. The van der Waals surface area contributed by atoms with Crippen molar-refractivity contribution in [2.75, 3.05) is 0 Å². The molecule has 0 bridgehead atoms. The Balaban J connectivity index is 2.49. The van der Waals surface area contributed by atoms with Crippen LogP contribution in [-0.4, -0.2) is 9.59 Å². The summed E-state index contributed by atoms with van der Waals surface area (Å²) >= 11 is 1.51. The summed E-state index contributed by atoms with van der Waals surface area (Å²) in [5.41, 5.74) is 1.09. The second kappa shape index (κ2) is 3.66. The van der Waals surface area contributed by atoms with Gasteiger partial charge in [-0.1, -0.05) is 11.4 Å². The maximum Gasteiger partial charge on any atom is 0.0756 e. The molecule has 0 unspecified atom stereocenters. The summed E-state index contributed by atoms with van der Waals surface area (Å²) in [6.07, 6.45) is 4.39. The van der Waals surface area contributed by atoms with E-state index in [9.17, 15) is 0 Å². The van der Waals surface area contributed by atoms with Crippen LogP contribution in [0.15, 0.2) is 0 Å². The molecule has 1 aromatic rings. The van der Waals surface area contributed by atoms with Crippen LogP contribution in [0.4, 0.5) is 0 Å². The third kappa shape index (κ3) is 1.77. The van der Waals surface area contributed by atoms with Crippen LogP contribution in [0, 0.1) is 13.3 Å². The van der Waals surface area contributed by atoms with Gasteiger partial charge in [-0.05, 0) is 37.7 Å². The lowest BCUT2D eigenvalue weighted by Gasteiger charge is -1.91. The number of hydrogen-bond donors (Lipinski definition) is 0. The van der Waals surface area contributed by atoms with Gasteiger partial charge in [-0.15, -0.1) is 5.10 Å². The van der Waals surface area contributed by atoms with E-state index in [0.717, 1.165) is 18.5 Å². The molecular formula is C7H11N2S. The zero-order chi connectivity index (χ0) is 7.40. The lowest BCUT2D eigenvalue weighted by atomic mass is 10.2. The van der Waals surface area contributed by atoms with Gasteiger partial charge in [0, 0.05) is 4.88 Å². The lowest BCUT2D eigenvalue weighted by Crippen LogP contribution is -1.83. The Morgan fingerprint density at radius 2 is 2.40 bits per heavy atom. The predicted octanol–water partition coefficient (Wildman–Crippen LogP) is 2.00. The average Bonchev–Trinajstić information content (AvgIpc) is 2.31. The molecule has 0 aromatic carbocycles. The zero-order valence-corrected chi connectivity index (χ0v) is 7.11. The van der Waals surface area contributed by atoms with Crippen molar-refractivity contribution in [2.45, 2.75) is 26.7 Å². The summed E-state index contributed by atoms with van der Waals surface area (Å²) in [4.78, 5) is 1.32. The van der Waals surface area contributed by atoms with Gasteiger partial charge in [0.05, 0.1) is 5.69 Å². The number of nitrogens with zero attached hydrogens (tertiary/aromatic N) is 2. The summed E-state index contributed by atoms with van der Waals surface area (Å²) in [7, 11) is 0. The fraction of sp³-hybridized carbons (Fsp3) is 0.571. The third-order valence-electron chi connectivity index (χ3n) is 1.41. The zero-order valence-electron chi connectivity index (χ0n) is 6.29. The fourth-order valence-corrected chi connectivity index (χ4v) is 1.40. The Labute approximate surface area is 65.4 Å². The molecule has 3 heteroatoms. The molecular weight excluding hydrogens is 144 g/mol. The number of hydrogen-bond acceptors (Lipinski definition) is 3. The molecule has 0 N–H and O–H groups in total. The van der Waals surface area contributed by atoms with E-state index in [1.165, 1.54) is 16.4 Å². The summed E-state index contributed by atoms with van der Waals surface area (Å²) < 4.78 is 3.85. The molecule has 0 saturated heterocycles. The van der Waals surface area contributed by atoms with E-state index in [-0.39, 0.29) is 0 Å². The molecule has 1 radical (unpaired) electrons. The first-order chi connectivity index (χ1) is 4.84. The predicted molar refractivity (Wildman–Crippen MR) is 42.9 cm³/mol. The van der Waals surface area contributed by atoms with Crippen LogP contribution in [0.25, 0.3) is 0 Å². The van der Waals surface area contributed by atoms with Crippen LogP contribution >= 0.6 is 11.5 Å². The van der Waals surface area contributed by atoms with E-state index in [1.807, 2.05) is 6.92 Å². The molecule has 55 valence electrons. The Hall–Kier alpha value is -0.440. The Kier molecular flexibility index (Phi) is 2.81. The van der Waals surface area contributed by atoms with Gasteiger partial charge in [-0.3, -0.25) is 0 Å². The Morgan fingerprint density at radius 1 is 1.60 bits per heavy atom. The number of rotatable bonds is 3. The maximum atomic E-state index is 3.92. The minimum absolute atomic E-state index is 1.09. The van der Waals surface area contributed by atoms with E-state index >= 15 is 0 Å². The van der Waals surface area contributed by atoms with Crippen molar-refractivity contribution < 1.29 is 0 Å². The summed E-state index contributed by atoms with van der Waals surface area (Å²) in [6, 6.07) is 0. The van der Waals surface area contributed by atoms with Crippen molar-refractivity contribution in [1.29, 1.82) is 0 Å². The monoisotopic (exact) mass is 155 g/mol. The van der Waals surface area contributed by atoms with Gasteiger partial charge in [0.1, 0.15) is 0 Å². The first kappa shape index (κ1) is 7.66. The summed E-state index contributed by atoms with van der Waals surface area (Å²) in [5.74, 6) is 0. The molecule has 0 aliphatic heterocycles. The normalized spacial score (nSPS) is 10.2. The molecule has 0 saturated carbocycles. The molecule has 0 spiro atoms. The van der Waals surface area contributed by atoms with Crippen molar-refractivity contribution in [3.63, 3.8) is 0 Å². The lowest BCUT2D eigenvalue weighted by molar-refractivity contribution is 0.934. The van der Waals surface area contributed by atoms with Gasteiger partial charge in [0.15, 0.2) is 0 Å². The van der Waals surface area contributed by atoms with Crippen LogP contribution in [-0.2, 0) is 6.42 Å². The van der Waals surface area contributed by atoms with Crippen LogP contribution in [0.2, 0.25) is 0 Å². The topological polar surface area (TPSA) is 25.8 Å². The molecule has 0 amide bonds. The summed E-state index contributed by atoms with van der Waals surface area (Å²) in [6.45, 7) is 4.08. The first-order valence-corrected chi connectivity index (χ1v) is 4.17. The third-order valence-corrected chi connectivity index (χ3v) is 2.29. The van der Waals surface area contributed by atoms with Crippen LogP contribution < -0.4 is 0 Å². The van der Waals surface area contributed by atoms with Crippen LogP contribution in [0.5, 0.6) is 0 Å². The van der Waals surface area contributed by atoms with Crippen molar-refractivity contribution in [3.05, 3.63) is 17.0 Å². The minimum atomic E-state index is 1.09. The second-order valence-electron chi connectivity index (χ2n) is 2.23. The number of aromatic nitrogens is 2. The van der Waals surface area contributed by atoms with Gasteiger partial charge in [-0.25, -0.2) is 0 Å². The highest BCUT2D eigenvalue weighted by atomic mass is 32.1. The summed E-state index contributed by atoms with van der Waals surface area (Å²) in [5, 5.41) is 3.92. The van der Waals surface area contributed by atoms with Gasteiger partial charge in [0.2, 0.25) is 0 Å². The van der Waals surface area contributed by atoms with E-state index in [0.29, 0.717) is 0 Å². The van der Waals surface area contributed by atoms with Crippen molar-refractivity contribution in [3.8, 4) is 0 Å².